The second-order valence-corrected chi connectivity index (χ2v) is 7.24. The smallest absolute Gasteiger partial charge is 0.237 e. The molecule has 1 aliphatic carbocycles. The minimum Gasteiger partial charge on any atom is -0.497 e. The summed E-state index contributed by atoms with van der Waals surface area (Å²) in [5.41, 5.74) is 1.19. The number of carbonyl (C=O) groups is 1. The van der Waals surface area contributed by atoms with Gasteiger partial charge >= 0.3 is 0 Å². The molecule has 1 saturated heterocycles. The zero-order chi connectivity index (χ0) is 17.6. The largest absolute Gasteiger partial charge is 0.497 e. The first-order chi connectivity index (χ1) is 12.2. The third kappa shape index (κ3) is 4.66. The molecule has 1 aliphatic heterocycles. The Balaban J connectivity index is 1.49. The van der Waals surface area contributed by atoms with E-state index in [0.29, 0.717) is 6.04 Å². The van der Waals surface area contributed by atoms with Crippen molar-refractivity contribution in [2.24, 2.45) is 0 Å². The predicted octanol–water partition coefficient (Wildman–Crippen LogP) is 2.65. The second kappa shape index (κ2) is 8.56. The molecular formula is C20H31N3O2. The first kappa shape index (κ1) is 18.1. The van der Waals surface area contributed by atoms with Gasteiger partial charge in [0.1, 0.15) is 5.75 Å². The van der Waals surface area contributed by atoms with Crippen molar-refractivity contribution in [1.29, 1.82) is 0 Å². The van der Waals surface area contributed by atoms with Gasteiger partial charge in [-0.15, -0.1) is 0 Å². The van der Waals surface area contributed by atoms with Crippen LogP contribution < -0.4 is 15.0 Å². The lowest BCUT2D eigenvalue weighted by Crippen LogP contribution is -2.55. The van der Waals surface area contributed by atoms with Crippen LogP contribution in [0.25, 0.3) is 0 Å². The number of methoxy groups -OCH3 is 1. The first-order valence-electron chi connectivity index (χ1n) is 9.61. The van der Waals surface area contributed by atoms with E-state index in [1.54, 1.807) is 7.11 Å². The number of nitrogens with one attached hydrogen (secondary N) is 1. The van der Waals surface area contributed by atoms with Gasteiger partial charge in [-0.2, -0.15) is 0 Å². The molecule has 1 N–H and O–H groups in total. The summed E-state index contributed by atoms with van der Waals surface area (Å²) in [6.45, 7) is 5.74. The van der Waals surface area contributed by atoms with Gasteiger partial charge in [-0.05, 0) is 31.9 Å². The van der Waals surface area contributed by atoms with Crippen molar-refractivity contribution in [3.8, 4) is 5.75 Å². The van der Waals surface area contributed by atoms with Gasteiger partial charge in [0.25, 0.3) is 0 Å². The average molecular weight is 345 g/mol. The Morgan fingerprint density at radius 3 is 2.56 bits per heavy atom. The summed E-state index contributed by atoms with van der Waals surface area (Å²) >= 11 is 0. The minimum absolute atomic E-state index is 0.0469. The van der Waals surface area contributed by atoms with E-state index in [2.05, 4.69) is 27.2 Å². The fourth-order valence-corrected chi connectivity index (χ4v) is 3.91. The standard InChI is InChI=1S/C20H31N3O2/c1-16(20(24)21-17-7-4-3-5-8-17)22-11-13-23(14-12-22)18-9-6-10-19(15-18)25-2/h6,9-10,15-17H,3-5,7-8,11-14H2,1-2H3,(H,21,24). The highest BCUT2D eigenvalue weighted by atomic mass is 16.5. The summed E-state index contributed by atoms with van der Waals surface area (Å²) in [5.74, 6) is 1.09. The maximum atomic E-state index is 12.6. The van der Waals surface area contributed by atoms with Crippen LogP contribution in [0.15, 0.2) is 24.3 Å². The molecule has 0 spiro atoms. The van der Waals surface area contributed by atoms with Gasteiger partial charge in [-0.25, -0.2) is 0 Å². The van der Waals surface area contributed by atoms with Gasteiger partial charge in [-0.1, -0.05) is 25.3 Å². The van der Waals surface area contributed by atoms with Crippen molar-refractivity contribution in [3.05, 3.63) is 24.3 Å². The molecule has 1 heterocycles. The van der Waals surface area contributed by atoms with Crippen molar-refractivity contribution in [2.45, 2.75) is 51.1 Å². The molecule has 1 saturated carbocycles. The number of nitrogens with zero attached hydrogens (tertiary/aromatic N) is 2. The molecule has 1 amide bonds. The van der Waals surface area contributed by atoms with Gasteiger partial charge in [0.05, 0.1) is 13.2 Å². The monoisotopic (exact) mass is 345 g/mol. The third-order valence-corrected chi connectivity index (χ3v) is 5.61. The number of hydrogen-bond donors (Lipinski definition) is 1. The van der Waals surface area contributed by atoms with E-state index in [1.165, 1.54) is 24.9 Å². The predicted molar refractivity (Wildman–Crippen MR) is 101 cm³/mol. The van der Waals surface area contributed by atoms with E-state index in [-0.39, 0.29) is 11.9 Å². The highest BCUT2D eigenvalue weighted by Gasteiger charge is 2.27. The molecule has 3 rings (SSSR count). The lowest BCUT2D eigenvalue weighted by Gasteiger charge is -2.39. The molecule has 0 aromatic heterocycles. The number of amides is 1. The molecule has 2 aliphatic rings. The highest BCUT2D eigenvalue weighted by Crippen LogP contribution is 2.23. The number of hydrogen-bond acceptors (Lipinski definition) is 4. The van der Waals surface area contributed by atoms with Crippen LogP contribution in [0.4, 0.5) is 5.69 Å². The molecule has 5 heteroatoms. The third-order valence-electron chi connectivity index (χ3n) is 5.61. The number of anilines is 1. The number of ether oxygens (including phenoxy) is 1. The highest BCUT2D eigenvalue weighted by molar-refractivity contribution is 5.81. The van der Waals surface area contributed by atoms with Crippen LogP contribution in [-0.2, 0) is 4.79 Å². The Bertz CT molecular complexity index is 564. The van der Waals surface area contributed by atoms with Gasteiger partial charge in [0, 0.05) is 44.0 Å². The molecule has 2 fully saturated rings. The lowest BCUT2D eigenvalue weighted by atomic mass is 9.95. The summed E-state index contributed by atoms with van der Waals surface area (Å²) in [6.07, 6.45) is 6.09. The molecule has 25 heavy (non-hydrogen) atoms. The van der Waals surface area contributed by atoms with Crippen LogP contribution in [0.1, 0.15) is 39.0 Å². The minimum atomic E-state index is -0.0469. The number of rotatable bonds is 5. The van der Waals surface area contributed by atoms with Crippen LogP contribution in [0.5, 0.6) is 5.75 Å². The summed E-state index contributed by atoms with van der Waals surface area (Å²) in [7, 11) is 1.70. The molecular weight excluding hydrogens is 314 g/mol. The molecule has 0 radical (unpaired) electrons. The Morgan fingerprint density at radius 1 is 1.16 bits per heavy atom. The average Bonchev–Trinajstić information content (AvgIpc) is 2.68. The maximum Gasteiger partial charge on any atom is 0.237 e. The summed E-state index contributed by atoms with van der Waals surface area (Å²) < 4.78 is 5.32. The van der Waals surface area contributed by atoms with Crippen LogP contribution in [-0.4, -0.2) is 56.2 Å². The van der Waals surface area contributed by atoms with E-state index < -0.39 is 0 Å². The first-order valence-corrected chi connectivity index (χ1v) is 9.61. The van der Waals surface area contributed by atoms with E-state index >= 15 is 0 Å². The zero-order valence-electron chi connectivity index (χ0n) is 15.5. The van der Waals surface area contributed by atoms with Crippen molar-refractivity contribution >= 4 is 11.6 Å². The van der Waals surface area contributed by atoms with E-state index in [1.807, 2.05) is 19.1 Å². The SMILES string of the molecule is COc1cccc(N2CCN(C(C)C(=O)NC3CCCCC3)CC2)c1. The lowest BCUT2D eigenvalue weighted by molar-refractivity contribution is -0.127. The van der Waals surface area contributed by atoms with Crippen LogP contribution >= 0.6 is 0 Å². The van der Waals surface area contributed by atoms with Gasteiger partial charge in [0.15, 0.2) is 0 Å². The molecule has 1 aromatic rings. The number of benzene rings is 1. The Kier molecular flexibility index (Phi) is 6.19. The molecule has 5 nitrogen and oxygen atoms in total. The number of carbonyl (C=O) groups excluding carboxylic acids is 1. The maximum absolute atomic E-state index is 12.6. The Labute approximate surface area is 151 Å². The topological polar surface area (TPSA) is 44.8 Å². The van der Waals surface area contributed by atoms with E-state index in [0.717, 1.165) is 44.8 Å². The number of piperazine rings is 1. The molecule has 0 bridgehead atoms. The van der Waals surface area contributed by atoms with E-state index in [9.17, 15) is 4.79 Å². The molecule has 138 valence electrons. The summed E-state index contributed by atoms with van der Waals surface area (Å²) in [6, 6.07) is 8.54. The molecule has 1 atom stereocenters. The van der Waals surface area contributed by atoms with Crippen LogP contribution in [0.2, 0.25) is 0 Å². The van der Waals surface area contributed by atoms with Gasteiger partial charge in [-0.3, -0.25) is 9.69 Å². The summed E-state index contributed by atoms with van der Waals surface area (Å²) in [5, 5.41) is 3.26. The Hall–Kier alpha value is -1.75. The molecule has 1 unspecified atom stereocenters. The van der Waals surface area contributed by atoms with Gasteiger partial charge in [0.2, 0.25) is 5.91 Å². The van der Waals surface area contributed by atoms with Crippen molar-refractivity contribution in [2.75, 3.05) is 38.2 Å². The van der Waals surface area contributed by atoms with Crippen LogP contribution in [0.3, 0.4) is 0 Å². The van der Waals surface area contributed by atoms with Crippen molar-refractivity contribution in [3.63, 3.8) is 0 Å². The normalized spacial score (nSPS) is 21.0. The molecule has 1 aromatic carbocycles. The second-order valence-electron chi connectivity index (χ2n) is 7.24. The summed E-state index contributed by atoms with van der Waals surface area (Å²) in [4.78, 5) is 17.2. The van der Waals surface area contributed by atoms with Crippen LogP contribution in [0, 0.1) is 0 Å². The quantitative estimate of drug-likeness (QED) is 0.891. The van der Waals surface area contributed by atoms with E-state index in [4.69, 9.17) is 4.74 Å². The fraction of sp³-hybridized carbons (Fsp3) is 0.650. The fourth-order valence-electron chi connectivity index (χ4n) is 3.91. The van der Waals surface area contributed by atoms with Gasteiger partial charge < -0.3 is 15.0 Å². The Morgan fingerprint density at radius 2 is 1.88 bits per heavy atom. The van der Waals surface area contributed by atoms with Crippen molar-refractivity contribution in [1.82, 2.24) is 10.2 Å². The zero-order valence-corrected chi connectivity index (χ0v) is 15.5. The van der Waals surface area contributed by atoms with Crippen molar-refractivity contribution < 1.29 is 9.53 Å².